The van der Waals surface area contributed by atoms with Crippen LogP contribution in [0.3, 0.4) is 0 Å². The summed E-state index contributed by atoms with van der Waals surface area (Å²) in [6, 6.07) is 29.9. The third kappa shape index (κ3) is 3.12. The Morgan fingerprint density at radius 3 is 2.18 bits per heavy atom. The van der Waals surface area contributed by atoms with Gasteiger partial charge in [0.2, 0.25) is 0 Å². The van der Waals surface area contributed by atoms with Crippen LogP contribution < -0.4 is 0 Å². The summed E-state index contributed by atoms with van der Waals surface area (Å²) in [5, 5.41) is 3.49. The highest BCUT2D eigenvalue weighted by Crippen LogP contribution is 2.58. The van der Waals surface area contributed by atoms with Gasteiger partial charge in [-0.1, -0.05) is 78.4 Å². The Bertz CT molecular complexity index is 1620. The van der Waals surface area contributed by atoms with Gasteiger partial charge in [0.05, 0.1) is 10.4 Å². The summed E-state index contributed by atoms with van der Waals surface area (Å²) in [6.45, 7) is 4.04. The van der Waals surface area contributed by atoms with Crippen molar-refractivity contribution in [3.63, 3.8) is 0 Å². The van der Waals surface area contributed by atoms with Crippen LogP contribution in [0.2, 0.25) is 0 Å². The summed E-state index contributed by atoms with van der Waals surface area (Å²) in [5.74, 6) is 0.481. The number of nitrogens with zero attached hydrogens (tertiary/aromatic N) is 1. The molecular weight excluding hydrogens is 426 g/mol. The number of benzene rings is 4. The summed E-state index contributed by atoms with van der Waals surface area (Å²) in [7, 11) is -3.73. The fourth-order valence-corrected chi connectivity index (χ4v) is 6.95. The van der Waals surface area contributed by atoms with Crippen molar-refractivity contribution >= 4 is 31.7 Å². The molecule has 0 N–H and O–H groups in total. The van der Waals surface area contributed by atoms with Crippen molar-refractivity contribution in [3.05, 3.63) is 113 Å². The van der Waals surface area contributed by atoms with Gasteiger partial charge < -0.3 is 0 Å². The van der Waals surface area contributed by atoms with E-state index in [-0.39, 0.29) is 5.92 Å². The van der Waals surface area contributed by atoms with Crippen LogP contribution in [0.25, 0.3) is 21.7 Å². The SMILES string of the molecule is Cc1ccc(S(=O)(=O)n2c([C@H]3C[C@H]3c3cccc4ccccc34)c(C)c3ccccc32)cc1. The Hall–Kier alpha value is -3.37. The molecule has 0 saturated heterocycles. The second-order valence-corrected chi connectivity index (χ2v) is 10.9. The van der Waals surface area contributed by atoms with E-state index in [4.69, 9.17) is 0 Å². The predicted molar refractivity (Wildman–Crippen MR) is 134 cm³/mol. The molecule has 0 amide bonds. The van der Waals surface area contributed by atoms with Gasteiger partial charge in [0, 0.05) is 17.0 Å². The molecule has 4 heteroatoms. The Labute approximate surface area is 194 Å². The number of aromatic nitrogens is 1. The molecule has 3 nitrogen and oxygen atoms in total. The van der Waals surface area contributed by atoms with E-state index >= 15 is 0 Å². The Kier molecular flexibility index (Phi) is 4.49. The fourth-order valence-electron chi connectivity index (χ4n) is 5.31. The standard InChI is InChI=1S/C29H25NO2S/c1-19-14-16-22(17-15-19)33(31,32)30-28-13-6-5-10-23(28)20(2)29(30)27-18-26(27)25-12-7-9-21-8-3-4-11-24(21)25/h3-17,26-27H,18H2,1-2H3/t26-,27-/m0/s1. The van der Waals surface area contributed by atoms with Crippen LogP contribution in [-0.2, 0) is 10.0 Å². The molecule has 2 atom stereocenters. The van der Waals surface area contributed by atoms with Crippen LogP contribution in [0, 0.1) is 13.8 Å². The highest BCUT2D eigenvalue weighted by molar-refractivity contribution is 7.90. The molecule has 0 radical (unpaired) electrons. The van der Waals surface area contributed by atoms with Gasteiger partial charge in [0.25, 0.3) is 10.0 Å². The molecular formula is C29H25NO2S. The van der Waals surface area contributed by atoms with E-state index in [2.05, 4.69) is 49.4 Å². The highest BCUT2D eigenvalue weighted by atomic mass is 32.2. The lowest BCUT2D eigenvalue weighted by Crippen LogP contribution is -2.16. The maximum atomic E-state index is 13.9. The van der Waals surface area contributed by atoms with Crippen molar-refractivity contribution in [2.45, 2.75) is 37.0 Å². The van der Waals surface area contributed by atoms with Crippen LogP contribution in [0.15, 0.2) is 95.9 Å². The van der Waals surface area contributed by atoms with E-state index in [1.807, 2.05) is 43.3 Å². The van der Waals surface area contributed by atoms with E-state index in [1.54, 1.807) is 16.1 Å². The molecule has 6 rings (SSSR count). The molecule has 0 spiro atoms. The first-order chi connectivity index (χ1) is 16.0. The summed E-state index contributed by atoms with van der Waals surface area (Å²) < 4.78 is 29.5. The first-order valence-corrected chi connectivity index (χ1v) is 12.8. The summed E-state index contributed by atoms with van der Waals surface area (Å²) >= 11 is 0. The Morgan fingerprint density at radius 1 is 0.727 bits per heavy atom. The number of rotatable bonds is 4. The zero-order valence-corrected chi connectivity index (χ0v) is 19.5. The third-order valence-corrected chi connectivity index (χ3v) is 8.80. The lowest BCUT2D eigenvalue weighted by atomic mass is 9.99. The summed E-state index contributed by atoms with van der Waals surface area (Å²) in [4.78, 5) is 0.331. The highest BCUT2D eigenvalue weighted by Gasteiger charge is 2.45. The maximum Gasteiger partial charge on any atom is 0.268 e. The van der Waals surface area contributed by atoms with Gasteiger partial charge in [-0.15, -0.1) is 0 Å². The van der Waals surface area contributed by atoms with Crippen LogP contribution in [0.4, 0.5) is 0 Å². The van der Waals surface area contributed by atoms with Crippen molar-refractivity contribution < 1.29 is 8.42 Å². The largest absolute Gasteiger partial charge is 0.268 e. The minimum Gasteiger partial charge on any atom is -0.237 e. The fraction of sp³-hybridized carbons (Fsp3) is 0.172. The van der Waals surface area contributed by atoms with Crippen molar-refractivity contribution in [2.24, 2.45) is 0 Å². The molecule has 1 aromatic heterocycles. The zero-order valence-electron chi connectivity index (χ0n) is 18.7. The van der Waals surface area contributed by atoms with E-state index in [0.29, 0.717) is 10.8 Å². The molecule has 33 heavy (non-hydrogen) atoms. The molecule has 0 unspecified atom stereocenters. The van der Waals surface area contributed by atoms with Crippen LogP contribution in [0.5, 0.6) is 0 Å². The monoisotopic (exact) mass is 451 g/mol. The quantitative estimate of drug-likeness (QED) is 0.297. The number of fused-ring (bicyclic) bond motifs is 2. The molecule has 1 saturated carbocycles. The van der Waals surface area contributed by atoms with Crippen molar-refractivity contribution in [1.29, 1.82) is 0 Å². The van der Waals surface area contributed by atoms with Crippen molar-refractivity contribution in [2.75, 3.05) is 0 Å². The molecule has 1 heterocycles. The number of hydrogen-bond acceptors (Lipinski definition) is 2. The van der Waals surface area contributed by atoms with E-state index in [0.717, 1.165) is 34.1 Å². The zero-order chi connectivity index (χ0) is 22.7. The van der Waals surface area contributed by atoms with Gasteiger partial charge in [0.1, 0.15) is 0 Å². The van der Waals surface area contributed by atoms with E-state index < -0.39 is 10.0 Å². The molecule has 164 valence electrons. The van der Waals surface area contributed by atoms with Crippen LogP contribution >= 0.6 is 0 Å². The molecule has 1 fully saturated rings. The summed E-state index contributed by atoms with van der Waals surface area (Å²) in [5.41, 5.74) is 5.10. The Balaban J connectivity index is 1.54. The van der Waals surface area contributed by atoms with Gasteiger partial charge in [-0.05, 0) is 66.3 Å². The first kappa shape index (κ1) is 20.3. The van der Waals surface area contributed by atoms with Gasteiger partial charge >= 0.3 is 0 Å². The molecule has 5 aromatic rings. The van der Waals surface area contributed by atoms with Gasteiger partial charge in [0.15, 0.2) is 0 Å². The van der Waals surface area contributed by atoms with Gasteiger partial charge in [-0.25, -0.2) is 12.4 Å². The topological polar surface area (TPSA) is 39.1 Å². The number of para-hydroxylation sites is 1. The molecule has 4 aromatic carbocycles. The minimum atomic E-state index is -3.73. The van der Waals surface area contributed by atoms with Gasteiger partial charge in [-0.3, -0.25) is 0 Å². The average molecular weight is 452 g/mol. The minimum absolute atomic E-state index is 0.170. The molecule has 1 aliphatic rings. The molecule has 1 aliphatic carbocycles. The first-order valence-electron chi connectivity index (χ1n) is 11.4. The normalized spacial score (nSPS) is 18.1. The van der Waals surface area contributed by atoms with Gasteiger partial charge in [-0.2, -0.15) is 0 Å². The van der Waals surface area contributed by atoms with Crippen LogP contribution in [0.1, 0.15) is 40.6 Å². The van der Waals surface area contributed by atoms with Crippen molar-refractivity contribution in [1.82, 2.24) is 3.97 Å². The second kappa shape index (κ2) is 7.32. The van der Waals surface area contributed by atoms with Crippen LogP contribution in [-0.4, -0.2) is 12.4 Å². The van der Waals surface area contributed by atoms with E-state index in [9.17, 15) is 8.42 Å². The average Bonchev–Trinajstić information content (AvgIpc) is 3.56. The second-order valence-electron chi connectivity index (χ2n) is 9.13. The maximum absolute atomic E-state index is 13.9. The third-order valence-electron chi connectivity index (χ3n) is 7.05. The Morgan fingerprint density at radius 2 is 1.39 bits per heavy atom. The lowest BCUT2D eigenvalue weighted by molar-refractivity contribution is 0.586. The molecule has 0 aliphatic heterocycles. The number of hydrogen-bond donors (Lipinski definition) is 0. The number of aryl methyl sites for hydroxylation is 2. The smallest absolute Gasteiger partial charge is 0.237 e. The predicted octanol–water partition coefficient (Wildman–Crippen LogP) is 6.92. The molecule has 0 bridgehead atoms. The van der Waals surface area contributed by atoms with E-state index in [1.165, 1.54) is 16.3 Å². The van der Waals surface area contributed by atoms with Crippen molar-refractivity contribution in [3.8, 4) is 0 Å². The summed E-state index contributed by atoms with van der Waals surface area (Å²) in [6.07, 6.45) is 0.953. The lowest BCUT2D eigenvalue weighted by Gasteiger charge is -2.14.